The number of imidazole rings is 1. The molecule has 0 saturated heterocycles. The van der Waals surface area contributed by atoms with Gasteiger partial charge in [0, 0.05) is 17.5 Å². The molecule has 2 N–H and O–H groups in total. The predicted octanol–water partition coefficient (Wildman–Crippen LogP) is 4.40. The van der Waals surface area contributed by atoms with Gasteiger partial charge >= 0.3 is 0 Å². The first-order chi connectivity index (χ1) is 9.45. The van der Waals surface area contributed by atoms with Crippen molar-refractivity contribution in [3.63, 3.8) is 0 Å². The van der Waals surface area contributed by atoms with Gasteiger partial charge in [0.05, 0.1) is 0 Å². The Labute approximate surface area is 121 Å². The summed E-state index contributed by atoms with van der Waals surface area (Å²) < 4.78 is 2.15. The van der Waals surface area contributed by atoms with Gasteiger partial charge in [0.25, 0.3) is 0 Å². The number of aryl methyl sites for hydroxylation is 1. The summed E-state index contributed by atoms with van der Waals surface area (Å²) in [6, 6.07) is 8.86. The summed E-state index contributed by atoms with van der Waals surface area (Å²) in [6.45, 7) is 10.8. The first kappa shape index (κ1) is 14.6. The molecular weight excluding hydrogens is 246 g/mol. The highest BCUT2D eigenvalue weighted by molar-refractivity contribution is 5.71. The second-order valence-corrected chi connectivity index (χ2v) is 5.87. The van der Waals surface area contributed by atoms with Gasteiger partial charge in [0.15, 0.2) is 0 Å². The van der Waals surface area contributed by atoms with Gasteiger partial charge in [-0.25, -0.2) is 4.98 Å². The Morgan fingerprint density at radius 1 is 1.10 bits per heavy atom. The van der Waals surface area contributed by atoms with E-state index in [1.54, 1.807) is 0 Å². The third-order valence-electron chi connectivity index (χ3n) is 3.64. The Morgan fingerprint density at radius 2 is 1.70 bits per heavy atom. The molecule has 0 aliphatic rings. The average molecular weight is 271 g/mol. The van der Waals surface area contributed by atoms with Gasteiger partial charge in [-0.05, 0) is 25.8 Å². The molecule has 0 fully saturated rings. The van der Waals surface area contributed by atoms with Crippen LogP contribution in [0.2, 0.25) is 0 Å². The molecule has 0 aliphatic carbocycles. The van der Waals surface area contributed by atoms with E-state index in [1.807, 2.05) is 0 Å². The highest BCUT2D eigenvalue weighted by Crippen LogP contribution is 2.32. The summed E-state index contributed by atoms with van der Waals surface area (Å²) in [4.78, 5) is 4.79. The average Bonchev–Trinajstić information content (AvgIpc) is 2.77. The molecule has 3 nitrogen and oxygen atoms in total. The number of rotatable bonds is 4. The van der Waals surface area contributed by atoms with E-state index >= 15 is 0 Å². The number of aromatic nitrogens is 2. The third-order valence-corrected chi connectivity index (χ3v) is 3.64. The van der Waals surface area contributed by atoms with E-state index in [2.05, 4.69) is 63.5 Å². The Kier molecular flexibility index (Phi) is 4.17. The van der Waals surface area contributed by atoms with Crippen LogP contribution in [-0.2, 0) is 6.42 Å². The second kappa shape index (κ2) is 5.70. The lowest BCUT2D eigenvalue weighted by Crippen LogP contribution is -2.10. The highest BCUT2D eigenvalue weighted by Gasteiger charge is 2.19. The standard InChI is InChI=1S/C17H25N3/c1-6-13-7-9-14(10-8-13)15-16(18)20(12(4)5)17(19-15)11(2)3/h7-12H,6,18H2,1-5H3. The number of hydrogen-bond donors (Lipinski definition) is 1. The molecule has 0 atom stereocenters. The van der Waals surface area contributed by atoms with Crippen molar-refractivity contribution < 1.29 is 0 Å². The number of nitrogens with zero attached hydrogens (tertiary/aromatic N) is 2. The fourth-order valence-corrected chi connectivity index (χ4v) is 2.52. The number of nitrogen functional groups attached to an aromatic ring is 1. The molecule has 0 saturated carbocycles. The molecule has 2 aromatic rings. The van der Waals surface area contributed by atoms with Gasteiger partial charge in [-0.2, -0.15) is 0 Å². The summed E-state index contributed by atoms with van der Waals surface area (Å²) in [5.41, 5.74) is 9.68. The minimum Gasteiger partial charge on any atom is -0.383 e. The van der Waals surface area contributed by atoms with E-state index in [0.717, 1.165) is 29.3 Å². The molecule has 1 aromatic carbocycles. The first-order valence-electron chi connectivity index (χ1n) is 7.42. The van der Waals surface area contributed by atoms with Crippen molar-refractivity contribution in [2.45, 2.75) is 53.0 Å². The molecule has 0 aliphatic heterocycles. The van der Waals surface area contributed by atoms with Gasteiger partial charge < -0.3 is 10.3 Å². The van der Waals surface area contributed by atoms with Crippen LogP contribution in [-0.4, -0.2) is 9.55 Å². The van der Waals surface area contributed by atoms with Crippen molar-refractivity contribution in [3.05, 3.63) is 35.7 Å². The SMILES string of the molecule is CCc1ccc(-c2nc(C(C)C)n(C(C)C)c2N)cc1. The van der Waals surface area contributed by atoms with Crippen molar-refractivity contribution in [1.82, 2.24) is 9.55 Å². The zero-order valence-corrected chi connectivity index (χ0v) is 13.1. The third kappa shape index (κ3) is 2.58. The number of anilines is 1. The fourth-order valence-electron chi connectivity index (χ4n) is 2.52. The first-order valence-corrected chi connectivity index (χ1v) is 7.42. The monoisotopic (exact) mass is 271 g/mol. The molecule has 0 spiro atoms. The lowest BCUT2D eigenvalue weighted by molar-refractivity contribution is 0.556. The van der Waals surface area contributed by atoms with E-state index in [0.29, 0.717) is 12.0 Å². The second-order valence-electron chi connectivity index (χ2n) is 5.87. The van der Waals surface area contributed by atoms with Crippen LogP contribution in [0.1, 0.15) is 58.0 Å². The minimum absolute atomic E-state index is 0.323. The van der Waals surface area contributed by atoms with Crippen molar-refractivity contribution in [2.24, 2.45) is 0 Å². The maximum Gasteiger partial charge on any atom is 0.131 e. The Morgan fingerprint density at radius 3 is 2.10 bits per heavy atom. The van der Waals surface area contributed by atoms with Crippen LogP contribution in [0.5, 0.6) is 0 Å². The maximum atomic E-state index is 6.35. The van der Waals surface area contributed by atoms with Crippen LogP contribution in [0, 0.1) is 0 Å². The number of nitrogens with two attached hydrogens (primary N) is 1. The molecule has 0 amide bonds. The molecule has 2 rings (SSSR count). The van der Waals surface area contributed by atoms with Gasteiger partial charge in [-0.15, -0.1) is 0 Å². The van der Waals surface area contributed by atoms with E-state index in [-0.39, 0.29) is 0 Å². The van der Waals surface area contributed by atoms with E-state index in [4.69, 9.17) is 10.7 Å². The quantitative estimate of drug-likeness (QED) is 0.895. The Hall–Kier alpha value is -1.77. The summed E-state index contributed by atoms with van der Waals surface area (Å²) in [5, 5.41) is 0. The minimum atomic E-state index is 0.323. The lowest BCUT2D eigenvalue weighted by Gasteiger charge is -2.15. The van der Waals surface area contributed by atoms with Crippen LogP contribution in [0.25, 0.3) is 11.3 Å². The molecule has 1 aromatic heterocycles. The van der Waals surface area contributed by atoms with Crippen molar-refractivity contribution in [2.75, 3.05) is 5.73 Å². The van der Waals surface area contributed by atoms with Crippen molar-refractivity contribution in [1.29, 1.82) is 0 Å². The smallest absolute Gasteiger partial charge is 0.131 e. The van der Waals surface area contributed by atoms with Crippen LogP contribution >= 0.6 is 0 Å². The highest BCUT2D eigenvalue weighted by atomic mass is 15.2. The van der Waals surface area contributed by atoms with Gasteiger partial charge in [0.1, 0.15) is 17.3 Å². The van der Waals surface area contributed by atoms with E-state index in [1.165, 1.54) is 5.56 Å². The molecule has 0 radical (unpaired) electrons. The van der Waals surface area contributed by atoms with Crippen LogP contribution in [0.4, 0.5) is 5.82 Å². The molecule has 20 heavy (non-hydrogen) atoms. The number of hydrogen-bond acceptors (Lipinski definition) is 2. The lowest BCUT2D eigenvalue weighted by atomic mass is 10.1. The topological polar surface area (TPSA) is 43.8 Å². The molecule has 3 heteroatoms. The molecule has 0 unspecified atom stereocenters. The van der Waals surface area contributed by atoms with Crippen LogP contribution in [0.3, 0.4) is 0 Å². The number of benzene rings is 1. The van der Waals surface area contributed by atoms with Crippen LogP contribution < -0.4 is 5.73 Å². The predicted molar refractivity (Wildman–Crippen MR) is 85.9 cm³/mol. The largest absolute Gasteiger partial charge is 0.383 e. The molecular formula is C17H25N3. The van der Waals surface area contributed by atoms with E-state index in [9.17, 15) is 0 Å². The summed E-state index contributed by atoms with van der Waals surface area (Å²) >= 11 is 0. The van der Waals surface area contributed by atoms with Crippen LogP contribution in [0.15, 0.2) is 24.3 Å². The maximum absolute atomic E-state index is 6.35. The van der Waals surface area contributed by atoms with Gasteiger partial charge in [-0.1, -0.05) is 45.0 Å². The summed E-state index contributed by atoms with van der Waals surface area (Å²) in [6.07, 6.45) is 1.05. The molecule has 108 valence electrons. The molecule has 1 heterocycles. The van der Waals surface area contributed by atoms with Gasteiger partial charge in [-0.3, -0.25) is 0 Å². The summed E-state index contributed by atoms with van der Waals surface area (Å²) in [7, 11) is 0. The van der Waals surface area contributed by atoms with Crippen molar-refractivity contribution >= 4 is 5.82 Å². The Balaban J connectivity index is 2.53. The Bertz CT molecular complexity index is 577. The normalized spacial score (nSPS) is 11.6. The molecule has 0 bridgehead atoms. The fraction of sp³-hybridized carbons (Fsp3) is 0.471. The zero-order valence-electron chi connectivity index (χ0n) is 13.1. The van der Waals surface area contributed by atoms with E-state index < -0.39 is 0 Å². The van der Waals surface area contributed by atoms with Crippen molar-refractivity contribution in [3.8, 4) is 11.3 Å². The zero-order chi connectivity index (χ0) is 14.9. The summed E-state index contributed by atoms with van der Waals surface area (Å²) in [5.74, 6) is 2.20. The van der Waals surface area contributed by atoms with Gasteiger partial charge in [0.2, 0.25) is 0 Å².